The second-order valence-electron chi connectivity index (χ2n) is 5.21. The van der Waals surface area contributed by atoms with Crippen molar-refractivity contribution in [1.82, 2.24) is 10.2 Å². The van der Waals surface area contributed by atoms with Gasteiger partial charge in [0, 0.05) is 17.1 Å². The average molecular weight is 303 g/mol. The summed E-state index contributed by atoms with van der Waals surface area (Å²) in [6, 6.07) is 16.8. The molecule has 0 unspecified atom stereocenters. The lowest BCUT2D eigenvalue weighted by molar-refractivity contribution is 0.0930. The minimum atomic E-state index is -0.0950. The molecule has 1 N–H and O–H groups in total. The predicted octanol–water partition coefficient (Wildman–Crippen LogP) is 3.37. The number of rotatable bonds is 5. The van der Waals surface area contributed by atoms with Gasteiger partial charge in [0.1, 0.15) is 0 Å². The normalized spacial score (nSPS) is 12.2. The van der Waals surface area contributed by atoms with Gasteiger partial charge in [-0.05, 0) is 43.9 Å². The molecular formula is C17H19ClN2O. The molecule has 1 atom stereocenters. The first-order valence-electron chi connectivity index (χ1n) is 6.82. The van der Waals surface area contributed by atoms with Crippen LogP contribution in [0.5, 0.6) is 0 Å². The first-order chi connectivity index (χ1) is 10.1. The number of carbonyl (C=O) groups is 1. The number of nitrogens with zero attached hydrogens (tertiary/aromatic N) is 1. The Hall–Kier alpha value is -1.84. The van der Waals surface area contributed by atoms with Gasteiger partial charge in [0.25, 0.3) is 5.91 Å². The molecule has 2 aromatic carbocycles. The van der Waals surface area contributed by atoms with Gasteiger partial charge in [0.2, 0.25) is 0 Å². The molecule has 21 heavy (non-hydrogen) atoms. The number of carbonyl (C=O) groups excluding carboxylic acids is 1. The SMILES string of the molecule is CN(C)C[C@@H](NC(=O)c1ccc(Cl)cc1)c1ccccc1. The summed E-state index contributed by atoms with van der Waals surface area (Å²) in [5, 5.41) is 3.70. The fourth-order valence-corrected chi connectivity index (χ4v) is 2.25. The summed E-state index contributed by atoms with van der Waals surface area (Å²) >= 11 is 5.85. The van der Waals surface area contributed by atoms with Crippen LogP contribution in [-0.2, 0) is 0 Å². The standard InChI is InChI=1S/C17H19ClN2O/c1-20(2)12-16(13-6-4-3-5-7-13)19-17(21)14-8-10-15(18)11-9-14/h3-11,16H,12H2,1-2H3,(H,19,21)/t16-/m1/s1. The number of nitrogens with one attached hydrogen (secondary N) is 1. The Morgan fingerprint density at radius 3 is 2.29 bits per heavy atom. The van der Waals surface area contributed by atoms with Crippen molar-refractivity contribution in [3.8, 4) is 0 Å². The molecule has 0 spiro atoms. The lowest BCUT2D eigenvalue weighted by Gasteiger charge is -2.23. The molecule has 3 nitrogen and oxygen atoms in total. The van der Waals surface area contributed by atoms with E-state index in [-0.39, 0.29) is 11.9 Å². The topological polar surface area (TPSA) is 32.3 Å². The minimum absolute atomic E-state index is 0.0515. The number of halogens is 1. The zero-order chi connectivity index (χ0) is 15.2. The monoisotopic (exact) mass is 302 g/mol. The van der Waals surface area contributed by atoms with Crippen LogP contribution in [0.15, 0.2) is 54.6 Å². The first-order valence-corrected chi connectivity index (χ1v) is 7.20. The fourth-order valence-electron chi connectivity index (χ4n) is 2.13. The Kier molecular flexibility index (Phi) is 5.37. The van der Waals surface area contributed by atoms with Crippen LogP contribution in [0.3, 0.4) is 0 Å². The number of hydrogen-bond acceptors (Lipinski definition) is 2. The molecule has 4 heteroatoms. The van der Waals surface area contributed by atoms with Gasteiger partial charge < -0.3 is 10.2 Å². The molecule has 0 radical (unpaired) electrons. The molecular weight excluding hydrogens is 284 g/mol. The van der Waals surface area contributed by atoms with Crippen LogP contribution in [0.4, 0.5) is 0 Å². The molecule has 0 fully saturated rings. The van der Waals surface area contributed by atoms with Gasteiger partial charge in [0.05, 0.1) is 6.04 Å². The molecule has 0 aliphatic rings. The van der Waals surface area contributed by atoms with E-state index in [0.29, 0.717) is 10.6 Å². The van der Waals surface area contributed by atoms with Crippen LogP contribution in [0.1, 0.15) is 22.0 Å². The summed E-state index contributed by atoms with van der Waals surface area (Å²) in [6.45, 7) is 0.739. The van der Waals surface area contributed by atoms with Crippen LogP contribution in [-0.4, -0.2) is 31.4 Å². The quantitative estimate of drug-likeness (QED) is 0.918. The van der Waals surface area contributed by atoms with Gasteiger partial charge >= 0.3 is 0 Å². The number of benzene rings is 2. The molecule has 110 valence electrons. The van der Waals surface area contributed by atoms with Gasteiger partial charge in [-0.3, -0.25) is 4.79 Å². The third kappa shape index (κ3) is 4.59. The summed E-state index contributed by atoms with van der Waals surface area (Å²) in [4.78, 5) is 14.4. The summed E-state index contributed by atoms with van der Waals surface area (Å²) in [7, 11) is 3.98. The van der Waals surface area contributed by atoms with Crippen molar-refractivity contribution in [2.45, 2.75) is 6.04 Å². The Morgan fingerprint density at radius 1 is 1.10 bits per heavy atom. The van der Waals surface area contributed by atoms with E-state index < -0.39 is 0 Å². The van der Waals surface area contributed by atoms with E-state index in [9.17, 15) is 4.79 Å². The fraction of sp³-hybridized carbons (Fsp3) is 0.235. The lowest BCUT2D eigenvalue weighted by atomic mass is 10.1. The minimum Gasteiger partial charge on any atom is -0.344 e. The second kappa shape index (κ2) is 7.25. The van der Waals surface area contributed by atoms with Crippen LogP contribution in [0.25, 0.3) is 0 Å². The van der Waals surface area contributed by atoms with Crippen LogP contribution < -0.4 is 5.32 Å². The largest absolute Gasteiger partial charge is 0.344 e. The van der Waals surface area contributed by atoms with Gasteiger partial charge in [-0.15, -0.1) is 0 Å². The highest BCUT2D eigenvalue weighted by molar-refractivity contribution is 6.30. The van der Waals surface area contributed by atoms with Gasteiger partial charge in [-0.25, -0.2) is 0 Å². The van der Waals surface area contributed by atoms with E-state index in [0.717, 1.165) is 12.1 Å². The molecule has 2 rings (SSSR count). The zero-order valence-electron chi connectivity index (χ0n) is 12.2. The third-order valence-electron chi connectivity index (χ3n) is 3.16. The van der Waals surface area contributed by atoms with Crippen molar-refractivity contribution < 1.29 is 4.79 Å². The maximum absolute atomic E-state index is 12.3. The molecule has 0 saturated heterocycles. The van der Waals surface area contributed by atoms with E-state index in [2.05, 4.69) is 10.2 Å². The van der Waals surface area contributed by atoms with Crippen molar-refractivity contribution in [3.05, 3.63) is 70.7 Å². The highest BCUT2D eigenvalue weighted by Gasteiger charge is 2.16. The molecule has 0 aliphatic heterocycles. The number of likely N-dealkylation sites (N-methyl/N-ethyl adjacent to an activating group) is 1. The molecule has 0 bridgehead atoms. The molecule has 1 amide bonds. The van der Waals surface area contributed by atoms with Crippen LogP contribution in [0, 0.1) is 0 Å². The molecule has 0 aliphatic carbocycles. The molecule has 2 aromatic rings. The molecule has 0 heterocycles. The van der Waals surface area contributed by atoms with Crippen molar-refractivity contribution in [1.29, 1.82) is 0 Å². The van der Waals surface area contributed by atoms with E-state index in [1.54, 1.807) is 24.3 Å². The van der Waals surface area contributed by atoms with Crippen molar-refractivity contribution in [2.24, 2.45) is 0 Å². The summed E-state index contributed by atoms with van der Waals surface area (Å²) in [6.07, 6.45) is 0. The maximum Gasteiger partial charge on any atom is 0.251 e. The first kappa shape index (κ1) is 15.5. The van der Waals surface area contributed by atoms with Gasteiger partial charge in [0.15, 0.2) is 0 Å². The van der Waals surface area contributed by atoms with Gasteiger partial charge in [-0.1, -0.05) is 41.9 Å². The summed E-state index contributed by atoms with van der Waals surface area (Å²) < 4.78 is 0. The Balaban J connectivity index is 2.15. The Labute approximate surface area is 130 Å². The van der Waals surface area contributed by atoms with Crippen LogP contribution >= 0.6 is 11.6 Å². The van der Waals surface area contributed by atoms with E-state index in [1.165, 1.54) is 0 Å². The number of amides is 1. The van der Waals surface area contributed by atoms with E-state index >= 15 is 0 Å². The highest BCUT2D eigenvalue weighted by Crippen LogP contribution is 2.15. The molecule has 0 aromatic heterocycles. The van der Waals surface area contributed by atoms with Crippen molar-refractivity contribution in [3.63, 3.8) is 0 Å². The Bertz CT molecular complexity index is 581. The molecule has 0 saturated carbocycles. The lowest BCUT2D eigenvalue weighted by Crippen LogP contribution is -2.35. The van der Waals surface area contributed by atoms with E-state index in [1.807, 2.05) is 44.4 Å². The second-order valence-corrected chi connectivity index (χ2v) is 5.64. The smallest absolute Gasteiger partial charge is 0.251 e. The average Bonchev–Trinajstić information content (AvgIpc) is 2.47. The van der Waals surface area contributed by atoms with Crippen molar-refractivity contribution in [2.75, 3.05) is 20.6 Å². The zero-order valence-corrected chi connectivity index (χ0v) is 13.0. The van der Waals surface area contributed by atoms with Crippen LogP contribution in [0.2, 0.25) is 5.02 Å². The predicted molar refractivity (Wildman–Crippen MR) is 86.7 cm³/mol. The van der Waals surface area contributed by atoms with E-state index in [4.69, 9.17) is 11.6 Å². The highest BCUT2D eigenvalue weighted by atomic mass is 35.5. The Morgan fingerprint density at radius 2 is 1.71 bits per heavy atom. The summed E-state index contributed by atoms with van der Waals surface area (Å²) in [5.41, 5.74) is 1.70. The van der Waals surface area contributed by atoms with Crippen molar-refractivity contribution >= 4 is 17.5 Å². The van der Waals surface area contributed by atoms with Gasteiger partial charge in [-0.2, -0.15) is 0 Å². The number of hydrogen-bond donors (Lipinski definition) is 1. The maximum atomic E-state index is 12.3. The third-order valence-corrected chi connectivity index (χ3v) is 3.41. The summed E-state index contributed by atoms with van der Waals surface area (Å²) in [5.74, 6) is -0.0950.